The van der Waals surface area contributed by atoms with Gasteiger partial charge >= 0.3 is 5.97 Å². The average molecular weight is 291 g/mol. The number of ether oxygens (including phenoxy) is 1. The van der Waals surface area contributed by atoms with E-state index in [2.05, 4.69) is 6.92 Å². The van der Waals surface area contributed by atoms with Crippen LogP contribution in [0.3, 0.4) is 0 Å². The number of nitrogens with zero attached hydrogens (tertiary/aromatic N) is 1. The lowest BCUT2D eigenvalue weighted by Gasteiger charge is -2.23. The number of likely N-dealkylation sites (tertiary alicyclic amines) is 1. The number of carboxylic acid groups (broad SMARTS) is 1. The molecule has 0 radical (unpaired) electrons. The molecule has 0 spiro atoms. The Morgan fingerprint density at radius 1 is 1.33 bits per heavy atom. The minimum Gasteiger partial charge on any atom is -0.481 e. The van der Waals surface area contributed by atoms with Gasteiger partial charge in [0.1, 0.15) is 5.41 Å². The summed E-state index contributed by atoms with van der Waals surface area (Å²) in [7, 11) is 1.48. The maximum absolute atomic E-state index is 12.5. The summed E-state index contributed by atoms with van der Waals surface area (Å²) in [6.07, 6.45) is 1.35. The van der Waals surface area contributed by atoms with Crippen molar-refractivity contribution < 1.29 is 19.4 Å². The number of hydrogen-bond donors (Lipinski definition) is 1. The summed E-state index contributed by atoms with van der Waals surface area (Å²) < 4.78 is 5.04. The number of aliphatic carboxylic acids is 1. The molecule has 5 nitrogen and oxygen atoms in total. The lowest BCUT2D eigenvalue weighted by molar-refractivity contribution is -0.151. The van der Waals surface area contributed by atoms with Crippen LogP contribution in [-0.2, 0) is 16.0 Å². The Labute approximate surface area is 124 Å². The summed E-state index contributed by atoms with van der Waals surface area (Å²) in [5, 5.41) is 9.42. The molecule has 1 saturated heterocycles. The van der Waals surface area contributed by atoms with Crippen molar-refractivity contribution in [1.82, 2.24) is 4.90 Å². The van der Waals surface area contributed by atoms with E-state index >= 15 is 0 Å². The second-order valence-electron chi connectivity index (χ2n) is 5.55. The molecule has 1 amide bonds. The maximum atomic E-state index is 12.5. The Kier molecular flexibility index (Phi) is 4.63. The highest BCUT2D eigenvalue weighted by Crippen LogP contribution is 2.32. The lowest BCUT2D eigenvalue weighted by Crippen LogP contribution is -2.40. The molecule has 0 aromatic heterocycles. The van der Waals surface area contributed by atoms with Crippen molar-refractivity contribution in [3.63, 3.8) is 0 Å². The zero-order valence-electron chi connectivity index (χ0n) is 12.5. The number of benzene rings is 1. The molecule has 5 heteroatoms. The van der Waals surface area contributed by atoms with E-state index in [-0.39, 0.29) is 19.1 Å². The first-order chi connectivity index (χ1) is 10.0. The van der Waals surface area contributed by atoms with E-state index in [4.69, 9.17) is 4.74 Å². The van der Waals surface area contributed by atoms with Gasteiger partial charge in [0, 0.05) is 25.8 Å². The van der Waals surface area contributed by atoms with Gasteiger partial charge in [-0.15, -0.1) is 0 Å². The van der Waals surface area contributed by atoms with Gasteiger partial charge < -0.3 is 14.7 Å². The van der Waals surface area contributed by atoms with Crippen LogP contribution in [0.1, 0.15) is 29.3 Å². The number of carbonyl (C=O) groups is 2. The van der Waals surface area contributed by atoms with Crippen molar-refractivity contribution in [3.8, 4) is 0 Å². The van der Waals surface area contributed by atoms with Crippen molar-refractivity contribution in [3.05, 3.63) is 35.4 Å². The van der Waals surface area contributed by atoms with Gasteiger partial charge in [-0.3, -0.25) is 9.59 Å². The third-order valence-electron chi connectivity index (χ3n) is 4.12. The topological polar surface area (TPSA) is 66.8 Å². The number of methoxy groups -OCH3 is 1. The van der Waals surface area contributed by atoms with E-state index in [1.807, 2.05) is 12.1 Å². The predicted molar refractivity (Wildman–Crippen MR) is 78.3 cm³/mol. The summed E-state index contributed by atoms with van der Waals surface area (Å²) in [4.78, 5) is 25.5. The second kappa shape index (κ2) is 6.26. The molecule has 0 aliphatic carbocycles. The molecule has 1 aromatic rings. The van der Waals surface area contributed by atoms with Crippen LogP contribution < -0.4 is 0 Å². The Bertz CT molecular complexity index is 526. The van der Waals surface area contributed by atoms with Crippen LogP contribution >= 0.6 is 0 Å². The van der Waals surface area contributed by atoms with Crippen LogP contribution in [0.25, 0.3) is 0 Å². The second-order valence-corrected chi connectivity index (χ2v) is 5.55. The molecular formula is C16H21NO4. The van der Waals surface area contributed by atoms with E-state index in [0.29, 0.717) is 18.5 Å². The Balaban J connectivity index is 2.12. The number of rotatable bonds is 5. The molecule has 2 rings (SSSR count). The number of hydrogen-bond acceptors (Lipinski definition) is 3. The average Bonchev–Trinajstić information content (AvgIpc) is 2.93. The minimum atomic E-state index is -0.978. The quantitative estimate of drug-likeness (QED) is 0.898. The van der Waals surface area contributed by atoms with Crippen LogP contribution in [0, 0.1) is 5.41 Å². The highest BCUT2D eigenvalue weighted by molar-refractivity contribution is 5.95. The molecule has 1 N–H and O–H groups in total. The van der Waals surface area contributed by atoms with E-state index in [1.54, 1.807) is 17.0 Å². The number of aryl methyl sites for hydroxylation is 1. The normalized spacial score (nSPS) is 21.5. The molecule has 0 bridgehead atoms. The molecule has 21 heavy (non-hydrogen) atoms. The summed E-state index contributed by atoms with van der Waals surface area (Å²) in [6, 6.07) is 7.47. The molecule has 114 valence electrons. The van der Waals surface area contributed by atoms with Crippen molar-refractivity contribution in [2.45, 2.75) is 19.8 Å². The molecule has 1 atom stereocenters. The van der Waals surface area contributed by atoms with Crippen LogP contribution in [0.5, 0.6) is 0 Å². The Hall–Kier alpha value is -1.88. The third-order valence-corrected chi connectivity index (χ3v) is 4.12. The Morgan fingerprint density at radius 3 is 2.52 bits per heavy atom. The van der Waals surface area contributed by atoms with Gasteiger partial charge in [0.05, 0.1) is 6.61 Å². The molecule has 0 saturated carbocycles. The van der Waals surface area contributed by atoms with E-state index < -0.39 is 11.4 Å². The molecular weight excluding hydrogens is 270 g/mol. The maximum Gasteiger partial charge on any atom is 0.313 e. The zero-order chi connectivity index (χ0) is 15.5. The highest BCUT2D eigenvalue weighted by atomic mass is 16.5. The van der Waals surface area contributed by atoms with Gasteiger partial charge in [-0.2, -0.15) is 0 Å². The number of carbonyl (C=O) groups excluding carboxylic acids is 1. The van der Waals surface area contributed by atoms with Crippen LogP contribution in [-0.4, -0.2) is 48.7 Å². The third kappa shape index (κ3) is 3.08. The fourth-order valence-corrected chi connectivity index (χ4v) is 2.74. The lowest BCUT2D eigenvalue weighted by atomic mass is 9.88. The fourth-order valence-electron chi connectivity index (χ4n) is 2.74. The summed E-state index contributed by atoms with van der Waals surface area (Å²) >= 11 is 0. The van der Waals surface area contributed by atoms with Gasteiger partial charge in [0.15, 0.2) is 0 Å². The summed E-state index contributed by atoms with van der Waals surface area (Å²) in [5.41, 5.74) is 0.798. The highest BCUT2D eigenvalue weighted by Gasteiger charge is 2.46. The van der Waals surface area contributed by atoms with E-state index in [1.165, 1.54) is 12.7 Å². The first-order valence-corrected chi connectivity index (χ1v) is 7.13. The SMILES string of the molecule is CCc1ccc(C(=O)N2CCC(COC)(C(=O)O)C2)cc1. The first kappa shape index (κ1) is 15.5. The van der Waals surface area contributed by atoms with Crippen LogP contribution in [0.4, 0.5) is 0 Å². The minimum absolute atomic E-state index is 0.114. The van der Waals surface area contributed by atoms with E-state index in [9.17, 15) is 14.7 Å². The van der Waals surface area contributed by atoms with Gasteiger partial charge in [0.25, 0.3) is 5.91 Å². The molecule has 1 unspecified atom stereocenters. The molecule has 1 aliphatic rings. The van der Waals surface area contributed by atoms with Crippen LogP contribution in [0.15, 0.2) is 24.3 Å². The van der Waals surface area contributed by atoms with Gasteiger partial charge in [-0.1, -0.05) is 19.1 Å². The first-order valence-electron chi connectivity index (χ1n) is 7.13. The van der Waals surface area contributed by atoms with Gasteiger partial charge in [0.2, 0.25) is 0 Å². The van der Waals surface area contributed by atoms with Crippen molar-refractivity contribution in [1.29, 1.82) is 0 Å². The monoisotopic (exact) mass is 291 g/mol. The zero-order valence-corrected chi connectivity index (χ0v) is 12.5. The summed E-state index contributed by atoms with van der Waals surface area (Å²) in [5.74, 6) is -1.02. The predicted octanol–water partition coefficient (Wildman–Crippen LogP) is 1.81. The van der Waals surface area contributed by atoms with E-state index in [0.717, 1.165) is 6.42 Å². The van der Waals surface area contributed by atoms with Crippen molar-refractivity contribution in [2.75, 3.05) is 26.8 Å². The number of carboxylic acids is 1. The van der Waals surface area contributed by atoms with Crippen molar-refractivity contribution >= 4 is 11.9 Å². The van der Waals surface area contributed by atoms with Crippen LogP contribution in [0.2, 0.25) is 0 Å². The molecule has 1 aromatic carbocycles. The standard InChI is InChI=1S/C16H21NO4/c1-3-12-4-6-13(7-5-12)14(18)17-9-8-16(10-17,11-21-2)15(19)20/h4-7H,3,8-11H2,1-2H3,(H,19,20). The Morgan fingerprint density at radius 2 is 2.00 bits per heavy atom. The largest absolute Gasteiger partial charge is 0.481 e. The summed E-state index contributed by atoms with van der Waals surface area (Å²) in [6.45, 7) is 2.83. The molecule has 1 aliphatic heterocycles. The van der Waals surface area contributed by atoms with Gasteiger partial charge in [-0.25, -0.2) is 0 Å². The number of amides is 1. The fraction of sp³-hybridized carbons (Fsp3) is 0.500. The molecule has 1 fully saturated rings. The molecule has 1 heterocycles. The van der Waals surface area contributed by atoms with Gasteiger partial charge in [-0.05, 0) is 30.5 Å². The van der Waals surface area contributed by atoms with Crippen molar-refractivity contribution in [2.24, 2.45) is 5.41 Å². The smallest absolute Gasteiger partial charge is 0.313 e.